The highest BCUT2D eigenvalue weighted by molar-refractivity contribution is 7.57. The minimum absolute atomic E-state index is 0.0318. The summed E-state index contributed by atoms with van der Waals surface area (Å²) in [4.78, 5) is 0. The molecule has 3 unspecified atom stereocenters. The first-order valence-electron chi connectivity index (χ1n) is 7.86. The summed E-state index contributed by atoms with van der Waals surface area (Å²) in [6, 6.07) is 20.8. The van der Waals surface area contributed by atoms with Crippen LogP contribution in [-0.4, -0.2) is 36.5 Å². The van der Waals surface area contributed by atoms with Gasteiger partial charge in [-0.05, 0) is 45.8 Å². The molecule has 0 radical (unpaired) electrons. The molecule has 2 aromatic carbocycles. The van der Waals surface area contributed by atoms with Crippen molar-refractivity contribution in [2.24, 2.45) is 4.74 Å². The van der Waals surface area contributed by atoms with E-state index < -0.39 is 7.58 Å². The Morgan fingerprint density at radius 1 is 1.00 bits per heavy atom. The molecule has 0 aliphatic carbocycles. The summed E-state index contributed by atoms with van der Waals surface area (Å²) in [7, 11) is 4.01. The molecular weight excluding hydrogens is 305 g/mol. The van der Waals surface area contributed by atoms with E-state index in [1.54, 1.807) is 0 Å². The number of benzene rings is 2. The molecule has 1 fully saturated rings. The SMILES string of the molecule is CC1C(c2ccccc2)OP(=Nc2ccccc2)(N(C)C)N1C. The van der Waals surface area contributed by atoms with Crippen LogP contribution in [0.3, 0.4) is 0 Å². The molecule has 1 heterocycles. The second-order valence-corrected chi connectivity index (χ2v) is 8.92. The van der Waals surface area contributed by atoms with E-state index in [2.05, 4.69) is 61.7 Å². The number of nitrogens with zero attached hydrogens (tertiary/aromatic N) is 3. The van der Waals surface area contributed by atoms with Crippen LogP contribution in [0.15, 0.2) is 65.4 Å². The first-order chi connectivity index (χ1) is 11.0. The standard InChI is InChI=1S/C18H24N3OP/c1-15-18(16-11-7-5-8-12-16)22-23(20(2)3,21(15)4)19-17-13-9-6-10-14-17/h5-15,18H,1-4H3. The zero-order chi connectivity index (χ0) is 16.4. The average Bonchev–Trinajstić information content (AvgIpc) is 2.83. The monoisotopic (exact) mass is 329 g/mol. The molecule has 2 aromatic rings. The predicted octanol–water partition coefficient (Wildman–Crippen LogP) is 4.92. The van der Waals surface area contributed by atoms with Crippen LogP contribution >= 0.6 is 7.58 Å². The van der Waals surface area contributed by atoms with E-state index in [4.69, 9.17) is 9.27 Å². The molecule has 3 atom stereocenters. The third-order valence-electron chi connectivity index (χ3n) is 4.34. The van der Waals surface area contributed by atoms with Crippen molar-refractivity contribution in [1.82, 2.24) is 9.34 Å². The van der Waals surface area contributed by atoms with Crippen molar-refractivity contribution in [3.63, 3.8) is 0 Å². The smallest absolute Gasteiger partial charge is 0.233 e. The molecule has 5 heteroatoms. The van der Waals surface area contributed by atoms with Crippen LogP contribution in [0.25, 0.3) is 0 Å². The maximum Gasteiger partial charge on any atom is 0.233 e. The minimum atomic E-state index is -2.22. The van der Waals surface area contributed by atoms with Gasteiger partial charge in [0.2, 0.25) is 7.58 Å². The molecule has 23 heavy (non-hydrogen) atoms. The Morgan fingerprint density at radius 3 is 2.13 bits per heavy atom. The average molecular weight is 329 g/mol. The highest BCUT2D eigenvalue weighted by Gasteiger charge is 2.46. The lowest BCUT2D eigenvalue weighted by Gasteiger charge is -2.31. The molecule has 0 spiro atoms. The van der Waals surface area contributed by atoms with Crippen molar-refractivity contribution in [1.29, 1.82) is 0 Å². The van der Waals surface area contributed by atoms with Gasteiger partial charge in [-0.2, -0.15) is 0 Å². The van der Waals surface area contributed by atoms with Gasteiger partial charge >= 0.3 is 0 Å². The molecule has 0 aromatic heterocycles. The van der Waals surface area contributed by atoms with Crippen molar-refractivity contribution in [2.45, 2.75) is 19.1 Å². The van der Waals surface area contributed by atoms with E-state index in [1.807, 2.05) is 36.4 Å². The Morgan fingerprint density at radius 2 is 1.57 bits per heavy atom. The summed E-state index contributed by atoms with van der Waals surface area (Å²) in [6.07, 6.45) is 0.0318. The maximum absolute atomic E-state index is 6.62. The lowest BCUT2D eigenvalue weighted by Crippen LogP contribution is -2.26. The quantitative estimate of drug-likeness (QED) is 0.748. The molecular formula is C18H24N3OP. The Hall–Kier alpha value is -1.45. The highest BCUT2D eigenvalue weighted by Crippen LogP contribution is 2.66. The molecule has 122 valence electrons. The van der Waals surface area contributed by atoms with E-state index in [1.165, 1.54) is 5.56 Å². The largest absolute Gasteiger partial charge is 0.311 e. The Bertz CT molecular complexity index is 703. The number of likely N-dealkylation sites (N-methyl/N-ethyl adjacent to an activating group) is 1. The second kappa shape index (κ2) is 6.58. The molecule has 4 nitrogen and oxygen atoms in total. The molecule has 1 aliphatic rings. The lowest BCUT2D eigenvalue weighted by molar-refractivity contribution is 0.211. The van der Waals surface area contributed by atoms with Crippen LogP contribution in [0.1, 0.15) is 18.6 Å². The van der Waals surface area contributed by atoms with Gasteiger partial charge in [-0.25, -0.2) is 14.1 Å². The van der Waals surface area contributed by atoms with Crippen molar-refractivity contribution in [2.75, 3.05) is 21.1 Å². The minimum Gasteiger partial charge on any atom is -0.311 e. The van der Waals surface area contributed by atoms with E-state index in [9.17, 15) is 0 Å². The lowest BCUT2D eigenvalue weighted by atomic mass is 10.0. The molecule has 0 N–H and O–H groups in total. The molecule has 0 amide bonds. The van der Waals surface area contributed by atoms with E-state index in [-0.39, 0.29) is 12.1 Å². The fraction of sp³-hybridized carbons (Fsp3) is 0.333. The third-order valence-corrected chi connectivity index (χ3v) is 7.57. The van der Waals surface area contributed by atoms with Crippen molar-refractivity contribution >= 4 is 13.3 Å². The van der Waals surface area contributed by atoms with Gasteiger partial charge in [0.15, 0.2) is 0 Å². The molecule has 0 saturated carbocycles. The Labute approximate surface area is 138 Å². The maximum atomic E-state index is 6.62. The van der Waals surface area contributed by atoms with Crippen LogP contribution in [0.2, 0.25) is 0 Å². The van der Waals surface area contributed by atoms with Crippen LogP contribution in [0.4, 0.5) is 5.69 Å². The van der Waals surface area contributed by atoms with Crippen LogP contribution in [0, 0.1) is 0 Å². The van der Waals surface area contributed by atoms with Gasteiger partial charge in [0.1, 0.15) is 6.10 Å². The van der Waals surface area contributed by atoms with Crippen LogP contribution in [-0.2, 0) is 4.52 Å². The van der Waals surface area contributed by atoms with Gasteiger partial charge in [-0.3, -0.25) is 0 Å². The van der Waals surface area contributed by atoms with Gasteiger partial charge in [-0.1, -0.05) is 48.5 Å². The normalized spacial score (nSPS) is 28.2. The molecule has 3 rings (SSSR count). The Balaban J connectivity index is 2.06. The Kier molecular flexibility index (Phi) is 4.69. The first kappa shape index (κ1) is 16.4. The van der Waals surface area contributed by atoms with Crippen molar-refractivity contribution in [3.8, 4) is 0 Å². The van der Waals surface area contributed by atoms with Gasteiger partial charge in [-0.15, -0.1) is 0 Å². The topological polar surface area (TPSA) is 28.1 Å². The highest BCUT2D eigenvalue weighted by atomic mass is 31.2. The predicted molar refractivity (Wildman–Crippen MR) is 96.6 cm³/mol. The summed E-state index contributed by atoms with van der Waals surface area (Å²) >= 11 is 0. The molecule has 0 bridgehead atoms. The number of hydrogen-bond donors (Lipinski definition) is 0. The van der Waals surface area contributed by atoms with Gasteiger partial charge in [0.25, 0.3) is 0 Å². The summed E-state index contributed by atoms with van der Waals surface area (Å²) in [5.74, 6) is 0. The zero-order valence-corrected chi connectivity index (χ0v) is 15.0. The fourth-order valence-electron chi connectivity index (χ4n) is 2.94. The summed E-state index contributed by atoms with van der Waals surface area (Å²) < 4.78 is 16.1. The second-order valence-electron chi connectivity index (χ2n) is 6.05. The van der Waals surface area contributed by atoms with Crippen LogP contribution in [0.5, 0.6) is 0 Å². The van der Waals surface area contributed by atoms with Gasteiger partial charge in [0.05, 0.1) is 5.69 Å². The fourth-order valence-corrected chi connectivity index (χ4v) is 5.84. The van der Waals surface area contributed by atoms with E-state index in [0.29, 0.717) is 0 Å². The third kappa shape index (κ3) is 3.00. The van der Waals surface area contributed by atoms with Crippen LogP contribution < -0.4 is 0 Å². The molecule has 1 aliphatic heterocycles. The summed E-state index contributed by atoms with van der Waals surface area (Å²) in [5, 5.41) is 0. The van der Waals surface area contributed by atoms with Crippen molar-refractivity contribution in [3.05, 3.63) is 66.2 Å². The van der Waals surface area contributed by atoms with E-state index in [0.717, 1.165) is 5.69 Å². The van der Waals surface area contributed by atoms with Gasteiger partial charge < -0.3 is 4.52 Å². The number of hydrogen-bond acceptors (Lipinski definition) is 2. The summed E-state index contributed by atoms with van der Waals surface area (Å²) in [5.41, 5.74) is 2.17. The summed E-state index contributed by atoms with van der Waals surface area (Å²) in [6.45, 7) is 2.21. The van der Waals surface area contributed by atoms with Crippen molar-refractivity contribution < 1.29 is 4.52 Å². The zero-order valence-electron chi connectivity index (χ0n) is 14.1. The van der Waals surface area contributed by atoms with Gasteiger partial charge in [0, 0.05) is 6.04 Å². The van der Waals surface area contributed by atoms with E-state index >= 15 is 0 Å². The first-order valence-corrected chi connectivity index (χ1v) is 9.43. The number of rotatable bonds is 3. The molecule has 1 saturated heterocycles.